The van der Waals surface area contributed by atoms with E-state index in [1.807, 2.05) is 42.5 Å². The van der Waals surface area contributed by atoms with Gasteiger partial charge in [-0.05, 0) is 41.3 Å². The van der Waals surface area contributed by atoms with Crippen molar-refractivity contribution in [2.24, 2.45) is 0 Å². The molecule has 28 heavy (non-hydrogen) atoms. The van der Waals surface area contributed by atoms with E-state index in [-0.39, 0.29) is 5.56 Å². The molecule has 0 aromatic heterocycles. The van der Waals surface area contributed by atoms with Crippen molar-refractivity contribution in [1.29, 1.82) is 0 Å². The van der Waals surface area contributed by atoms with Gasteiger partial charge in [-0.25, -0.2) is 8.78 Å². The minimum absolute atomic E-state index is 0.275. The van der Waals surface area contributed by atoms with Gasteiger partial charge >= 0.3 is 0 Å². The Morgan fingerprint density at radius 3 is 2.14 bits per heavy atom. The molecule has 0 fully saturated rings. The van der Waals surface area contributed by atoms with Crippen LogP contribution in [0.1, 0.15) is 39.0 Å². The van der Waals surface area contributed by atoms with Crippen molar-refractivity contribution < 1.29 is 13.5 Å². The van der Waals surface area contributed by atoms with Gasteiger partial charge in [0.2, 0.25) is 0 Å². The minimum Gasteiger partial charge on any atom is -0.494 e. The van der Waals surface area contributed by atoms with Crippen LogP contribution < -0.4 is 4.74 Å². The molecular weight excluding hydrogens is 354 g/mol. The second-order valence-corrected chi connectivity index (χ2v) is 6.94. The largest absolute Gasteiger partial charge is 0.494 e. The van der Waals surface area contributed by atoms with E-state index in [4.69, 9.17) is 4.74 Å². The lowest BCUT2D eigenvalue weighted by molar-refractivity contribution is 0.304. The maximum atomic E-state index is 14.7. The molecule has 0 saturated carbocycles. The third-order valence-electron chi connectivity index (χ3n) is 4.84. The smallest absolute Gasteiger partial charge is 0.167 e. The average molecular weight is 380 g/mol. The van der Waals surface area contributed by atoms with Gasteiger partial charge < -0.3 is 4.74 Å². The molecule has 0 aliphatic carbocycles. The first kappa shape index (κ1) is 20.1. The van der Waals surface area contributed by atoms with Crippen molar-refractivity contribution in [1.82, 2.24) is 0 Å². The van der Waals surface area contributed by atoms with Gasteiger partial charge in [0, 0.05) is 5.56 Å². The second kappa shape index (κ2) is 10.0. The van der Waals surface area contributed by atoms with Gasteiger partial charge in [-0.2, -0.15) is 0 Å². The molecule has 146 valence electrons. The Balaban J connectivity index is 1.77. The van der Waals surface area contributed by atoms with Crippen molar-refractivity contribution in [2.45, 2.75) is 39.0 Å². The zero-order valence-electron chi connectivity index (χ0n) is 16.3. The van der Waals surface area contributed by atoms with Gasteiger partial charge in [0.1, 0.15) is 5.75 Å². The van der Waals surface area contributed by atoms with E-state index in [0.29, 0.717) is 17.7 Å². The van der Waals surface area contributed by atoms with Crippen LogP contribution >= 0.6 is 0 Å². The fraction of sp³-hybridized carbons (Fsp3) is 0.280. The molecule has 0 spiro atoms. The summed E-state index contributed by atoms with van der Waals surface area (Å²) in [4.78, 5) is 0. The van der Waals surface area contributed by atoms with E-state index in [9.17, 15) is 8.78 Å². The van der Waals surface area contributed by atoms with E-state index in [2.05, 4.69) is 6.92 Å². The molecule has 3 aromatic rings. The Hall–Kier alpha value is -2.68. The Bertz CT molecular complexity index is 873. The number of benzene rings is 3. The highest BCUT2D eigenvalue weighted by atomic mass is 19.2. The minimum atomic E-state index is -0.845. The molecule has 3 aromatic carbocycles. The van der Waals surface area contributed by atoms with Gasteiger partial charge in [-0.3, -0.25) is 0 Å². The van der Waals surface area contributed by atoms with E-state index in [1.165, 1.54) is 31.7 Å². The monoisotopic (exact) mass is 380 g/mol. The Morgan fingerprint density at radius 1 is 0.714 bits per heavy atom. The number of hydrogen-bond donors (Lipinski definition) is 0. The summed E-state index contributed by atoms with van der Waals surface area (Å²) >= 11 is 0. The predicted molar refractivity (Wildman–Crippen MR) is 111 cm³/mol. The molecule has 1 nitrogen and oxygen atoms in total. The van der Waals surface area contributed by atoms with Crippen molar-refractivity contribution >= 4 is 0 Å². The maximum absolute atomic E-state index is 14.7. The van der Waals surface area contributed by atoms with E-state index >= 15 is 0 Å². The molecular formula is C25H26F2O. The summed E-state index contributed by atoms with van der Waals surface area (Å²) in [5.41, 5.74) is 2.43. The quantitative estimate of drug-likeness (QED) is 0.346. The zero-order valence-corrected chi connectivity index (χ0v) is 16.3. The highest BCUT2D eigenvalue weighted by Crippen LogP contribution is 2.36. The summed E-state index contributed by atoms with van der Waals surface area (Å²) in [6, 6.07) is 19.5. The van der Waals surface area contributed by atoms with Crippen LogP contribution in [0.25, 0.3) is 22.3 Å². The third kappa shape index (κ3) is 4.98. The van der Waals surface area contributed by atoms with Crippen LogP contribution in [-0.2, 0) is 0 Å². The van der Waals surface area contributed by atoms with Crippen molar-refractivity contribution in [3.63, 3.8) is 0 Å². The molecule has 0 aliphatic heterocycles. The standard InChI is InChI=1S/C25H26F2O/c1-2-3-4-5-9-18-28-21-14-12-20(13-15-21)24-22(16-17-23(26)25(24)27)19-10-7-6-8-11-19/h6-8,10-17H,2-5,9,18H2,1H3. The number of halogens is 2. The molecule has 0 amide bonds. The summed E-state index contributed by atoms with van der Waals surface area (Å²) in [5, 5.41) is 0. The Labute approximate surface area is 166 Å². The van der Waals surface area contributed by atoms with Crippen molar-refractivity contribution in [2.75, 3.05) is 6.61 Å². The van der Waals surface area contributed by atoms with Crippen molar-refractivity contribution in [3.8, 4) is 28.0 Å². The van der Waals surface area contributed by atoms with Crippen LogP contribution in [0.15, 0.2) is 66.7 Å². The van der Waals surface area contributed by atoms with Gasteiger partial charge in [0.05, 0.1) is 6.61 Å². The highest BCUT2D eigenvalue weighted by molar-refractivity contribution is 5.84. The van der Waals surface area contributed by atoms with Crippen LogP contribution in [0.4, 0.5) is 8.78 Å². The predicted octanol–water partition coefficient (Wildman–Crippen LogP) is 7.65. The first-order chi connectivity index (χ1) is 13.7. The van der Waals surface area contributed by atoms with Gasteiger partial charge in [0.25, 0.3) is 0 Å². The topological polar surface area (TPSA) is 9.23 Å². The molecule has 0 N–H and O–H groups in total. The number of ether oxygens (including phenoxy) is 1. The lowest BCUT2D eigenvalue weighted by atomic mass is 9.94. The van der Waals surface area contributed by atoms with Gasteiger partial charge in [-0.15, -0.1) is 0 Å². The van der Waals surface area contributed by atoms with Crippen molar-refractivity contribution in [3.05, 3.63) is 78.4 Å². The fourth-order valence-electron chi connectivity index (χ4n) is 3.30. The fourth-order valence-corrected chi connectivity index (χ4v) is 3.30. The highest BCUT2D eigenvalue weighted by Gasteiger charge is 2.16. The first-order valence-corrected chi connectivity index (χ1v) is 9.97. The van der Waals surface area contributed by atoms with E-state index < -0.39 is 11.6 Å². The molecule has 0 unspecified atom stereocenters. The van der Waals surface area contributed by atoms with Crippen LogP contribution in [0.5, 0.6) is 5.75 Å². The molecule has 0 heterocycles. The molecule has 0 radical (unpaired) electrons. The molecule has 0 saturated heterocycles. The third-order valence-corrected chi connectivity index (χ3v) is 4.84. The maximum Gasteiger partial charge on any atom is 0.167 e. The molecule has 3 rings (SSSR count). The zero-order chi connectivity index (χ0) is 19.8. The average Bonchev–Trinajstić information content (AvgIpc) is 2.74. The van der Waals surface area contributed by atoms with Crippen LogP contribution in [0.2, 0.25) is 0 Å². The van der Waals surface area contributed by atoms with E-state index in [1.54, 1.807) is 18.2 Å². The normalized spacial score (nSPS) is 10.8. The molecule has 3 heteroatoms. The summed E-state index contributed by atoms with van der Waals surface area (Å²) in [6.45, 7) is 2.87. The molecule has 0 aliphatic rings. The van der Waals surface area contributed by atoms with Crippen LogP contribution in [0.3, 0.4) is 0 Å². The SMILES string of the molecule is CCCCCCCOc1ccc(-c2c(-c3ccccc3)ccc(F)c2F)cc1. The molecule has 0 bridgehead atoms. The second-order valence-electron chi connectivity index (χ2n) is 6.94. The number of hydrogen-bond acceptors (Lipinski definition) is 1. The summed E-state index contributed by atoms with van der Waals surface area (Å²) in [5.74, 6) is -0.926. The lowest BCUT2D eigenvalue weighted by Crippen LogP contribution is -1.98. The Kier molecular flexibility index (Phi) is 7.18. The lowest BCUT2D eigenvalue weighted by Gasteiger charge is -2.13. The van der Waals surface area contributed by atoms with Crippen LogP contribution in [0, 0.1) is 11.6 Å². The van der Waals surface area contributed by atoms with Gasteiger partial charge in [-0.1, -0.05) is 81.1 Å². The summed E-state index contributed by atoms with van der Waals surface area (Å²) in [7, 11) is 0. The van der Waals surface area contributed by atoms with Crippen LogP contribution in [-0.4, -0.2) is 6.61 Å². The Morgan fingerprint density at radius 2 is 1.43 bits per heavy atom. The first-order valence-electron chi connectivity index (χ1n) is 9.97. The number of unbranched alkanes of at least 4 members (excludes halogenated alkanes) is 4. The van der Waals surface area contributed by atoms with Gasteiger partial charge in [0.15, 0.2) is 11.6 Å². The number of rotatable bonds is 9. The summed E-state index contributed by atoms with van der Waals surface area (Å²) < 4.78 is 34.4. The molecule has 0 atom stereocenters. The van der Waals surface area contributed by atoms with E-state index in [0.717, 1.165) is 17.7 Å². The summed E-state index contributed by atoms with van der Waals surface area (Å²) in [6.07, 6.45) is 5.92.